The Labute approximate surface area is 111 Å². The maximum Gasteiger partial charge on any atom is 0.254 e. The minimum Gasteiger partial charge on any atom is -0.352 e. The summed E-state index contributed by atoms with van der Waals surface area (Å²) >= 11 is 3.43. The molecule has 1 unspecified atom stereocenters. The molecule has 1 amide bonds. The molecule has 0 radical (unpaired) electrons. The molecule has 0 aliphatic heterocycles. The average Bonchev–Trinajstić information content (AvgIpc) is 2.65. The normalized spacial score (nSPS) is 12.5. The van der Waals surface area contributed by atoms with Crippen molar-refractivity contribution in [1.29, 1.82) is 0 Å². The van der Waals surface area contributed by atoms with Crippen molar-refractivity contribution in [3.05, 3.63) is 17.5 Å². The van der Waals surface area contributed by atoms with E-state index in [4.69, 9.17) is 0 Å². The standard InChI is InChI=1S/C12H20BrN3O/c1-4-10(5-6-13)7-14-12(17)11-8-15-16(3)9(11)2/h8,10H,4-7H2,1-3H3,(H,14,17). The summed E-state index contributed by atoms with van der Waals surface area (Å²) in [5, 5.41) is 8.02. The third kappa shape index (κ3) is 3.84. The van der Waals surface area contributed by atoms with Gasteiger partial charge in [-0.3, -0.25) is 9.48 Å². The molecule has 0 bridgehead atoms. The Bertz CT molecular complexity index is 376. The van der Waals surface area contributed by atoms with Crippen LogP contribution in [0.25, 0.3) is 0 Å². The van der Waals surface area contributed by atoms with Crippen LogP contribution >= 0.6 is 15.9 Å². The Kier molecular flexibility index (Phi) is 5.68. The van der Waals surface area contributed by atoms with Crippen molar-refractivity contribution in [3.8, 4) is 0 Å². The van der Waals surface area contributed by atoms with Gasteiger partial charge < -0.3 is 5.32 Å². The molecule has 1 aromatic rings. The van der Waals surface area contributed by atoms with E-state index in [1.54, 1.807) is 10.9 Å². The van der Waals surface area contributed by atoms with Crippen molar-refractivity contribution in [2.24, 2.45) is 13.0 Å². The number of halogens is 1. The van der Waals surface area contributed by atoms with Crippen LogP contribution in [-0.2, 0) is 7.05 Å². The molecule has 1 rings (SSSR count). The number of aryl methyl sites for hydroxylation is 1. The highest BCUT2D eigenvalue weighted by Crippen LogP contribution is 2.10. The number of carbonyl (C=O) groups is 1. The molecule has 4 nitrogen and oxygen atoms in total. The number of rotatable bonds is 6. The van der Waals surface area contributed by atoms with Gasteiger partial charge in [0.2, 0.25) is 0 Å². The summed E-state index contributed by atoms with van der Waals surface area (Å²) in [6, 6.07) is 0. The fourth-order valence-electron chi connectivity index (χ4n) is 1.66. The highest BCUT2D eigenvalue weighted by Gasteiger charge is 2.14. The summed E-state index contributed by atoms with van der Waals surface area (Å²) in [6.07, 6.45) is 3.79. The number of carbonyl (C=O) groups excluding carboxylic acids is 1. The fourth-order valence-corrected chi connectivity index (χ4v) is 2.31. The van der Waals surface area contributed by atoms with Crippen molar-refractivity contribution in [3.63, 3.8) is 0 Å². The van der Waals surface area contributed by atoms with Crippen LogP contribution in [0.5, 0.6) is 0 Å². The molecule has 1 atom stereocenters. The Balaban J connectivity index is 2.52. The molecule has 5 heteroatoms. The van der Waals surface area contributed by atoms with Gasteiger partial charge in [0.25, 0.3) is 5.91 Å². The molecule has 96 valence electrons. The molecular weight excluding hydrogens is 282 g/mol. The quantitative estimate of drug-likeness (QED) is 0.819. The van der Waals surface area contributed by atoms with E-state index in [0.29, 0.717) is 11.5 Å². The number of aromatic nitrogens is 2. The van der Waals surface area contributed by atoms with Crippen molar-refractivity contribution in [1.82, 2.24) is 15.1 Å². The Morgan fingerprint density at radius 2 is 2.35 bits per heavy atom. The number of nitrogens with zero attached hydrogens (tertiary/aromatic N) is 2. The van der Waals surface area contributed by atoms with Crippen LogP contribution in [0.1, 0.15) is 35.8 Å². The van der Waals surface area contributed by atoms with Crippen LogP contribution in [0.15, 0.2) is 6.20 Å². The van der Waals surface area contributed by atoms with E-state index >= 15 is 0 Å². The van der Waals surface area contributed by atoms with Crippen LogP contribution in [-0.4, -0.2) is 27.6 Å². The predicted molar refractivity (Wildman–Crippen MR) is 72.5 cm³/mol. The lowest BCUT2D eigenvalue weighted by atomic mass is 10.0. The lowest BCUT2D eigenvalue weighted by Crippen LogP contribution is -2.29. The van der Waals surface area contributed by atoms with E-state index < -0.39 is 0 Å². The highest BCUT2D eigenvalue weighted by atomic mass is 79.9. The van der Waals surface area contributed by atoms with E-state index in [0.717, 1.165) is 30.4 Å². The zero-order valence-corrected chi connectivity index (χ0v) is 12.2. The van der Waals surface area contributed by atoms with Crippen LogP contribution in [0.3, 0.4) is 0 Å². The van der Waals surface area contributed by atoms with Gasteiger partial charge in [0.15, 0.2) is 0 Å². The fraction of sp³-hybridized carbons (Fsp3) is 0.667. The molecule has 0 aliphatic rings. The topological polar surface area (TPSA) is 46.9 Å². The first kappa shape index (κ1) is 14.2. The molecule has 0 spiro atoms. The van der Waals surface area contributed by atoms with Gasteiger partial charge in [0.05, 0.1) is 11.8 Å². The number of hydrogen-bond donors (Lipinski definition) is 1. The van der Waals surface area contributed by atoms with Crippen molar-refractivity contribution in [2.75, 3.05) is 11.9 Å². The monoisotopic (exact) mass is 301 g/mol. The SMILES string of the molecule is CCC(CCBr)CNC(=O)c1cnn(C)c1C. The van der Waals surface area contributed by atoms with E-state index in [1.165, 1.54) is 0 Å². The molecule has 17 heavy (non-hydrogen) atoms. The van der Waals surface area contributed by atoms with E-state index in [-0.39, 0.29) is 5.91 Å². The van der Waals surface area contributed by atoms with Gasteiger partial charge in [-0.15, -0.1) is 0 Å². The lowest BCUT2D eigenvalue weighted by Gasteiger charge is -2.14. The third-order valence-electron chi connectivity index (χ3n) is 3.13. The molecule has 1 N–H and O–H groups in total. The first-order chi connectivity index (χ1) is 8.10. The third-order valence-corrected chi connectivity index (χ3v) is 3.58. The van der Waals surface area contributed by atoms with Crippen molar-refractivity contribution < 1.29 is 4.79 Å². The number of amides is 1. The minimum absolute atomic E-state index is 0.0244. The van der Waals surface area contributed by atoms with Gasteiger partial charge in [-0.2, -0.15) is 5.10 Å². The number of nitrogens with one attached hydrogen (secondary N) is 1. The summed E-state index contributed by atoms with van der Waals surface area (Å²) in [5.74, 6) is 0.513. The molecule has 0 fully saturated rings. The van der Waals surface area contributed by atoms with E-state index in [9.17, 15) is 4.79 Å². The van der Waals surface area contributed by atoms with Gasteiger partial charge in [-0.1, -0.05) is 29.3 Å². The largest absolute Gasteiger partial charge is 0.352 e. The molecule has 0 aliphatic carbocycles. The summed E-state index contributed by atoms with van der Waals surface area (Å²) in [4.78, 5) is 11.9. The van der Waals surface area contributed by atoms with Crippen molar-refractivity contribution >= 4 is 21.8 Å². The zero-order valence-electron chi connectivity index (χ0n) is 10.7. The Morgan fingerprint density at radius 1 is 1.65 bits per heavy atom. The second kappa shape index (κ2) is 6.79. The van der Waals surface area contributed by atoms with Crippen molar-refractivity contribution in [2.45, 2.75) is 26.7 Å². The lowest BCUT2D eigenvalue weighted by molar-refractivity contribution is 0.0946. The Hall–Kier alpha value is -0.840. The number of hydrogen-bond acceptors (Lipinski definition) is 2. The number of alkyl halides is 1. The summed E-state index contributed by atoms with van der Waals surface area (Å²) in [6.45, 7) is 4.78. The van der Waals surface area contributed by atoms with E-state index in [2.05, 4.69) is 33.3 Å². The summed E-state index contributed by atoms with van der Waals surface area (Å²) < 4.78 is 1.71. The molecule has 0 saturated carbocycles. The maximum absolute atomic E-state index is 11.9. The van der Waals surface area contributed by atoms with Gasteiger partial charge in [-0.05, 0) is 19.3 Å². The second-order valence-corrected chi connectivity index (χ2v) is 5.02. The predicted octanol–water partition coefficient (Wildman–Crippen LogP) is 2.27. The van der Waals surface area contributed by atoms with Crippen LogP contribution in [0.4, 0.5) is 0 Å². The molecular formula is C12H20BrN3O. The maximum atomic E-state index is 11.9. The zero-order chi connectivity index (χ0) is 12.8. The molecule has 1 heterocycles. The first-order valence-corrected chi connectivity index (χ1v) is 7.05. The smallest absolute Gasteiger partial charge is 0.254 e. The van der Waals surface area contributed by atoms with Crippen LogP contribution in [0, 0.1) is 12.8 Å². The molecule has 1 aromatic heterocycles. The van der Waals surface area contributed by atoms with Gasteiger partial charge in [-0.25, -0.2) is 0 Å². The van der Waals surface area contributed by atoms with Crippen LogP contribution in [0.2, 0.25) is 0 Å². The Morgan fingerprint density at radius 3 is 2.82 bits per heavy atom. The minimum atomic E-state index is -0.0244. The molecule has 0 saturated heterocycles. The highest BCUT2D eigenvalue weighted by molar-refractivity contribution is 9.09. The van der Waals surface area contributed by atoms with Gasteiger partial charge in [0.1, 0.15) is 0 Å². The van der Waals surface area contributed by atoms with Crippen LogP contribution < -0.4 is 5.32 Å². The van der Waals surface area contributed by atoms with Gasteiger partial charge in [0, 0.05) is 24.6 Å². The average molecular weight is 302 g/mol. The summed E-state index contributed by atoms with van der Waals surface area (Å²) in [7, 11) is 1.84. The van der Waals surface area contributed by atoms with Gasteiger partial charge >= 0.3 is 0 Å². The second-order valence-electron chi connectivity index (χ2n) is 4.23. The van der Waals surface area contributed by atoms with E-state index in [1.807, 2.05) is 14.0 Å². The first-order valence-electron chi connectivity index (χ1n) is 5.92. The summed E-state index contributed by atoms with van der Waals surface area (Å²) in [5.41, 5.74) is 1.57. The molecule has 0 aromatic carbocycles.